The van der Waals surface area contributed by atoms with E-state index in [2.05, 4.69) is 36.2 Å². The molecule has 1 aliphatic carbocycles. The first-order chi connectivity index (χ1) is 8.65. The van der Waals surface area contributed by atoms with Crippen LogP contribution in [-0.2, 0) is 6.42 Å². The Bertz CT molecular complexity index is 564. The fourth-order valence-corrected chi connectivity index (χ4v) is 3.21. The summed E-state index contributed by atoms with van der Waals surface area (Å²) in [7, 11) is 0. The number of fused-ring (bicyclic) bond motifs is 1. The van der Waals surface area contributed by atoms with Crippen molar-refractivity contribution < 1.29 is 0 Å². The van der Waals surface area contributed by atoms with Gasteiger partial charge < -0.3 is 5.73 Å². The van der Waals surface area contributed by atoms with E-state index in [1.54, 1.807) is 0 Å². The van der Waals surface area contributed by atoms with Gasteiger partial charge in [0.1, 0.15) is 0 Å². The molecule has 0 radical (unpaired) electrons. The first-order valence-electron chi connectivity index (χ1n) is 6.77. The van der Waals surface area contributed by atoms with E-state index in [1.807, 2.05) is 12.3 Å². The Morgan fingerprint density at radius 1 is 1.39 bits per heavy atom. The molecule has 1 aliphatic rings. The van der Waals surface area contributed by atoms with Crippen molar-refractivity contribution >= 4 is 10.9 Å². The van der Waals surface area contributed by atoms with E-state index in [1.165, 1.54) is 17.4 Å². The van der Waals surface area contributed by atoms with Crippen molar-refractivity contribution in [2.75, 3.05) is 0 Å². The number of hydrogen-bond acceptors (Lipinski definition) is 2. The van der Waals surface area contributed by atoms with Gasteiger partial charge in [0.2, 0.25) is 0 Å². The van der Waals surface area contributed by atoms with Gasteiger partial charge in [0.15, 0.2) is 0 Å². The van der Waals surface area contributed by atoms with Crippen LogP contribution >= 0.6 is 0 Å². The number of pyridine rings is 1. The molecule has 2 aromatic rings. The van der Waals surface area contributed by atoms with Gasteiger partial charge in [-0.15, -0.1) is 0 Å². The van der Waals surface area contributed by atoms with Gasteiger partial charge in [-0.05, 0) is 49.3 Å². The van der Waals surface area contributed by atoms with E-state index < -0.39 is 0 Å². The van der Waals surface area contributed by atoms with Crippen LogP contribution < -0.4 is 5.73 Å². The predicted molar refractivity (Wildman–Crippen MR) is 75.4 cm³/mol. The van der Waals surface area contributed by atoms with Gasteiger partial charge in [-0.25, -0.2) is 0 Å². The van der Waals surface area contributed by atoms with Crippen LogP contribution in [0.3, 0.4) is 0 Å². The molecule has 0 bridgehead atoms. The maximum Gasteiger partial charge on any atom is 0.0702 e. The van der Waals surface area contributed by atoms with Gasteiger partial charge >= 0.3 is 0 Å². The maximum atomic E-state index is 6.50. The molecule has 1 heterocycles. The Kier molecular flexibility index (Phi) is 2.83. The Labute approximate surface area is 108 Å². The summed E-state index contributed by atoms with van der Waals surface area (Å²) in [5.74, 6) is 0.767. The van der Waals surface area contributed by atoms with Crippen molar-refractivity contribution in [2.45, 2.75) is 38.1 Å². The molecule has 18 heavy (non-hydrogen) atoms. The minimum Gasteiger partial charge on any atom is -0.325 e. The van der Waals surface area contributed by atoms with Gasteiger partial charge in [-0.3, -0.25) is 4.98 Å². The van der Waals surface area contributed by atoms with Gasteiger partial charge in [0.25, 0.3) is 0 Å². The van der Waals surface area contributed by atoms with Crippen LogP contribution in [0.2, 0.25) is 0 Å². The van der Waals surface area contributed by atoms with Crippen LogP contribution in [0.4, 0.5) is 0 Å². The molecule has 2 nitrogen and oxygen atoms in total. The fourth-order valence-electron chi connectivity index (χ4n) is 3.21. The zero-order chi connectivity index (χ0) is 12.6. The summed E-state index contributed by atoms with van der Waals surface area (Å²) >= 11 is 0. The molecule has 94 valence electrons. The Hall–Kier alpha value is -1.41. The lowest BCUT2D eigenvalue weighted by molar-refractivity contribution is 0.419. The molecule has 1 saturated carbocycles. The largest absolute Gasteiger partial charge is 0.325 e. The SMILES string of the molecule is CC1CCC(N)(Cc2cnc3ccccc3c2)C1. The Morgan fingerprint density at radius 2 is 2.22 bits per heavy atom. The summed E-state index contributed by atoms with van der Waals surface area (Å²) in [5.41, 5.74) is 8.82. The Balaban J connectivity index is 1.86. The number of rotatable bonds is 2. The van der Waals surface area contributed by atoms with Crippen molar-refractivity contribution in [3.8, 4) is 0 Å². The molecule has 1 fully saturated rings. The monoisotopic (exact) mass is 240 g/mol. The summed E-state index contributed by atoms with van der Waals surface area (Å²) in [6.45, 7) is 2.30. The Morgan fingerprint density at radius 3 is 3.00 bits per heavy atom. The zero-order valence-corrected chi connectivity index (χ0v) is 10.9. The predicted octanol–water partition coefficient (Wildman–Crippen LogP) is 3.29. The van der Waals surface area contributed by atoms with E-state index in [9.17, 15) is 0 Å². The molecule has 2 N–H and O–H groups in total. The topological polar surface area (TPSA) is 38.9 Å². The van der Waals surface area contributed by atoms with Crippen molar-refractivity contribution in [1.29, 1.82) is 0 Å². The van der Waals surface area contributed by atoms with Gasteiger partial charge in [-0.1, -0.05) is 25.1 Å². The highest BCUT2D eigenvalue weighted by Gasteiger charge is 2.33. The molecule has 1 aromatic heterocycles. The molecule has 3 rings (SSSR count). The molecule has 1 aromatic carbocycles. The number of para-hydroxylation sites is 1. The molecular formula is C16H20N2. The number of hydrogen-bond donors (Lipinski definition) is 1. The molecular weight excluding hydrogens is 220 g/mol. The van der Waals surface area contributed by atoms with Crippen molar-refractivity contribution in [3.63, 3.8) is 0 Å². The number of aromatic nitrogens is 1. The quantitative estimate of drug-likeness (QED) is 0.874. The van der Waals surface area contributed by atoms with Crippen LogP contribution in [-0.4, -0.2) is 10.5 Å². The third-order valence-electron chi connectivity index (χ3n) is 4.09. The normalized spacial score (nSPS) is 27.8. The average Bonchev–Trinajstić information content (AvgIpc) is 2.69. The summed E-state index contributed by atoms with van der Waals surface area (Å²) in [6, 6.07) is 10.5. The van der Waals surface area contributed by atoms with Crippen LogP contribution in [0.5, 0.6) is 0 Å². The number of benzene rings is 1. The summed E-state index contributed by atoms with van der Waals surface area (Å²) in [5, 5.41) is 1.21. The molecule has 0 saturated heterocycles. The van der Waals surface area contributed by atoms with E-state index in [-0.39, 0.29) is 5.54 Å². The lowest BCUT2D eigenvalue weighted by Crippen LogP contribution is -2.39. The van der Waals surface area contributed by atoms with Crippen LogP contribution in [0.25, 0.3) is 10.9 Å². The lowest BCUT2D eigenvalue weighted by Gasteiger charge is -2.24. The highest BCUT2D eigenvalue weighted by atomic mass is 14.8. The van der Waals surface area contributed by atoms with Crippen LogP contribution in [0.15, 0.2) is 36.5 Å². The first-order valence-corrected chi connectivity index (χ1v) is 6.77. The minimum absolute atomic E-state index is 0.0104. The lowest BCUT2D eigenvalue weighted by atomic mass is 9.90. The molecule has 0 amide bonds. The van der Waals surface area contributed by atoms with Crippen molar-refractivity contribution in [1.82, 2.24) is 4.98 Å². The van der Waals surface area contributed by atoms with E-state index in [4.69, 9.17) is 5.73 Å². The third-order valence-corrected chi connectivity index (χ3v) is 4.09. The second-order valence-electron chi connectivity index (χ2n) is 5.92. The molecule has 0 spiro atoms. The summed E-state index contributed by atoms with van der Waals surface area (Å²) < 4.78 is 0. The third kappa shape index (κ3) is 2.25. The zero-order valence-electron chi connectivity index (χ0n) is 10.9. The van der Waals surface area contributed by atoms with Crippen LogP contribution in [0.1, 0.15) is 31.7 Å². The second kappa shape index (κ2) is 4.36. The van der Waals surface area contributed by atoms with E-state index >= 15 is 0 Å². The fraction of sp³-hybridized carbons (Fsp3) is 0.438. The highest BCUT2D eigenvalue weighted by molar-refractivity contribution is 5.78. The van der Waals surface area contributed by atoms with Crippen molar-refractivity contribution in [3.05, 3.63) is 42.1 Å². The first kappa shape index (κ1) is 11.7. The maximum absolute atomic E-state index is 6.50. The van der Waals surface area contributed by atoms with E-state index in [0.29, 0.717) is 0 Å². The van der Waals surface area contributed by atoms with Gasteiger partial charge in [0, 0.05) is 17.1 Å². The molecule has 0 aliphatic heterocycles. The minimum atomic E-state index is -0.0104. The standard InChI is InChI=1S/C16H20N2/c1-12-6-7-16(17,9-12)10-13-8-14-4-2-3-5-15(14)18-11-13/h2-5,8,11-12H,6-7,9-10,17H2,1H3. The second-order valence-corrected chi connectivity index (χ2v) is 5.92. The molecule has 2 atom stereocenters. The van der Waals surface area contributed by atoms with Gasteiger partial charge in [0.05, 0.1) is 5.52 Å². The average molecular weight is 240 g/mol. The van der Waals surface area contributed by atoms with E-state index in [0.717, 1.165) is 30.7 Å². The van der Waals surface area contributed by atoms with Crippen LogP contribution in [0, 0.1) is 5.92 Å². The van der Waals surface area contributed by atoms with Gasteiger partial charge in [-0.2, -0.15) is 0 Å². The number of nitrogens with two attached hydrogens (primary N) is 1. The summed E-state index contributed by atoms with van der Waals surface area (Å²) in [6.07, 6.45) is 6.48. The smallest absolute Gasteiger partial charge is 0.0702 e. The molecule has 2 heteroatoms. The highest BCUT2D eigenvalue weighted by Crippen LogP contribution is 2.34. The number of nitrogens with zero attached hydrogens (tertiary/aromatic N) is 1. The molecule has 2 unspecified atom stereocenters. The van der Waals surface area contributed by atoms with Crippen molar-refractivity contribution in [2.24, 2.45) is 11.7 Å². The summed E-state index contributed by atoms with van der Waals surface area (Å²) in [4.78, 5) is 4.52.